The Morgan fingerprint density at radius 1 is 1.29 bits per heavy atom. The third-order valence-corrected chi connectivity index (χ3v) is 4.82. The number of nitrogens with zero attached hydrogens (tertiary/aromatic N) is 3. The summed E-state index contributed by atoms with van der Waals surface area (Å²) >= 11 is 6.42. The standard InChI is InChI=1S/C17H13ClF3N3/c1-9-6-10(2-3-13(9)19)12-4-5-24-14(7-11-8-17(11,20)21)22-23-16(24)15(12)18/h2-6,11H,7-8H2,1H3. The zero-order valence-electron chi connectivity index (χ0n) is 12.7. The Hall–Kier alpha value is -2.08. The maximum atomic E-state index is 13.4. The number of hydrogen-bond donors (Lipinski definition) is 0. The van der Waals surface area contributed by atoms with Crippen molar-refractivity contribution < 1.29 is 13.2 Å². The van der Waals surface area contributed by atoms with E-state index in [0.717, 1.165) is 5.56 Å². The molecule has 124 valence electrons. The number of hydrogen-bond acceptors (Lipinski definition) is 2. The summed E-state index contributed by atoms with van der Waals surface area (Å²) in [6.07, 6.45) is 1.77. The molecule has 2 heterocycles. The normalized spacial score (nSPS) is 19.0. The van der Waals surface area contributed by atoms with E-state index in [1.807, 2.05) is 0 Å². The zero-order chi connectivity index (χ0) is 17.1. The largest absolute Gasteiger partial charge is 0.285 e. The van der Waals surface area contributed by atoms with E-state index < -0.39 is 11.8 Å². The van der Waals surface area contributed by atoms with Crippen molar-refractivity contribution in [3.8, 4) is 11.1 Å². The molecule has 4 rings (SSSR count). The Morgan fingerprint density at radius 3 is 2.71 bits per heavy atom. The van der Waals surface area contributed by atoms with Gasteiger partial charge in [0.1, 0.15) is 11.6 Å². The van der Waals surface area contributed by atoms with E-state index in [2.05, 4.69) is 10.2 Å². The molecule has 1 unspecified atom stereocenters. The van der Waals surface area contributed by atoms with Gasteiger partial charge in [0.2, 0.25) is 0 Å². The summed E-state index contributed by atoms with van der Waals surface area (Å²) in [7, 11) is 0. The van der Waals surface area contributed by atoms with Gasteiger partial charge in [-0.3, -0.25) is 4.40 Å². The molecule has 1 atom stereocenters. The molecule has 24 heavy (non-hydrogen) atoms. The lowest BCUT2D eigenvalue weighted by Crippen LogP contribution is -2.02. The van der Waals surface area contributed by atoms with Crippen LogP contribution in [0.15, 0.2) is 30.5 Å². The Kier molecular flexibility index (Phi) is 3.35. The summed E-state index contributed by atoms with van der Waals surface area (Å²) in [4.78, 5) is 0. The lowest BCUT2D eigenvalue weighted by molar-refractivity contribution is 0.0984. The van der Waals surface area contributed by atoms with Crippen LogP contribution in [-0.4, -0.2) is 20.5 Å². The molecule has 0 radical (unpaired) electrons. The quantitative estimate of drug-likeness (QED) is 0.685. The molecule has 1 aliphatic rings. The van der Waals surface area contributed by atoms with Gasteiger partial charge in [0, 0.05) is 30.5 Å². The summed E-state index contributed by atoms with van der Waals surface area (Å²) in [6, 6.07) is 6.49. The van der Waals surface area contributed by atoms with Gasteiger partial charge in [0.15, 0.2) is 5.65 Å². The van der Waals surface area contributed by atoms with Gasteiger partial charge in [-0.1, -0.05) is 17.7 Å². The number of halogens is 4. The van der Waals surface area contributed by atoms with E-state index in [-0.39, 0.29) is 18.7 Å². The monoisotopic (exact) mass is 351 g/mol. The number of benzene rings is 1. The molecule has 0 N–H and O–H groups in total. The Morgan fingerprint density at radius 2 is 2.04 bits per heavy atom. The Labute approximate surface area is 141 Å². The molecule has 1 fully saturated rings. The van der Waals surface area contributed by atoms with E-state index in [0.29, 0.717) is 27.6 Å². The molecule has 0 spiro atoms. The first-order chi connectivity index (χ1) is 11.4. The van der Waals surface area contributed by atoms with Gasteiger partial charge in [-0.25, -0.2) is 13.2 Å². The van der Waals surface area contributed by atoms with Gasteiger partial charge in [0.25, 0.3) is 5.92 Å². The highest BCUT2D eigenvalue weighted by atomic mass is 35.5. The highest BCUT2D eigenvalue weighted by Gasteiger charge is 2.56. The van der Waals surface area contributed by atoms with Crippen molar-refractivity contribution in [1.29, 1.82) is 0 Å². The predicted octanol–water partition coefficient (Wildman–Crippen LogP) is 4.69. The second-order valence-corrected chi connectivity index (χ2v) is 6.56. The van der Waals surface area contributed by atoms with Gasteiger partial charge in [-0.05, 0) is 36.2 Å². The molecule has 1 saturated carbocycles. The summed E-state index contributed by atoms with van der Waals surface area (Å²) in [5.74, 6) is -3.09. The molecule has 2 aromatic heterocycles. The topological polar surface area (TPSA) is 30.2 Å². The third kappa shape index (κ3) is 2.45. The molecule has 0 saturated heterocycles. The summed E-state index contributed by atoms with van der Waals surface area (Å²) in [5, 5.41) is 8.40. The third-order valence-electron chi connectivity index (χ3n) is 4.44. The van der Waals surface area contributed by atoms with Gasteiger partial charge in [-0.15, -0.1) is 10.2 Å². The first kappa shape index (κ1) is 15.4. The summed E-state index contributed by atoms with van der Waals surface area (Å²) in [6.45, 7) is 1.68. The zero-order valence-corrected chi connectivity index (χ0v) is 13.5. The molecule has 0 bridgehead atoms. The van der Waals surface area contributed by atoms with Crippen LogP contribution in [0.4, 0.5) is 13.2 Å². The highest BCUT2D eigenvalue weighted by molar-refractivity contribution is 6.36. The van der Waals surface area contributed by atoms with Gasteiger partial charge < -0.3 is 0 Å². The fourth-order valence-electron chi connectivity index (χ4n) is 2.86. The van der Waals surface area contributed by atoms with Crippen molar-refractivity contribution in [3.63, 3.8) is 0 Å². The van der Waals surface area contributed by atoms with Gasteiger partial charge in [-0.2, -0.15) is 0 Å². The van der Waals surface area contributed by atoms with Crippen LogP contribution in [0.25, 0.3) is 16.8 Å². The van der Waals surface area contributed by atoms with Crippen molar-refractivity contribution in [1.82, 2.24) is 14.6 Å². The SMILES string of the molecule is Cc1cc(-c2ccn3c(CC4CC4(F)F)nnc3c2Cl)ccc1F. The van der Waals surface area contributed by atoms with Crippen LogP contribution in [-0.2, 0) is 6.42 Å². The molecular formula is C17H13ClF3N3. The van der Waals surface area contributed by atoms with E-state index >= 15 is 0 Å². The molecule has 0 amide bonds. The fourth-order valence-corrected chi connectivity index (χ4v) is 3.16. The van der Waals surface area contributed by atoms with Crippen LogP contribution < -0.4 is 0 Å². The van der Waals surface area contributed by atoms with E-state index in [1.54, 1.807) is 35.7 Å². The maximum Gasteiger partial charge on any atom is 0.252 e. The smallest absolute Gasteiger partial charge is 0.252 e. The predicted molar refractivity (Wildman–Crippen MR) is 84.9 cm³/mol. The minimum atomic E-state index is -2.60. The van der Waals surface area contributed by atoms with E-state index in [1.165, 1.54) is 6.07 Å². The molecule has 1 aromatic carbocycles. The lowest BCUT2D eigenvalue weighted by Gasteiger charge is -2.08. The molecular weight excluding hydrogens is 339 g/mol. The Balaban J connectivity index is 1.74. The van der Waals surface area contributed by atoms with Crippen LogP contribution in [0.3, 0.4) is 0 Å². The summed E-state index contributed by atoms with van der Waals surface area (Å²) in [5.41, 5.74) is 2.39. The summed E-state index contributed by atoms with van der Waals surface area (Å²) < 4.78 is 41.3. The van der Waals surface area contributed by atoms with Crippen LogP contribution >= 0.6 is 11.6 Å². The van der Waals surface area contributed by atoms with Crippen molar-refractivity contribution in [2.45, 2.75) is 25.7 Å². The highest BCUT2D eigenvalue weighted by Crippen LogP contribution is 2.50. The number of fused-ring (bicyclic) bond motifs is 1. The molecule has 0 aliphatic heterocycles. The second kappa shape index (κ2) is 5.21. The van der Waals surface area contributed by atoms with Crippen LogP contribution in [0.5, 0.6) is 0 Å². The van der Waals surface area contributed by atoms with E-state index in [9.17, 15) is 13.2 Å². The Bertz CT molecular complexity index is 952. The number of rotatable bonds is 3. The number of alkyl halides is 2. The van der Waals surface area contributed by atoms with Crippen LogP contribution in [0.1, 0.15) is 17.8 Å². The maximum absolute atomic E-state index is 13.4. The molecule has 3 nitrogen and oxygen atoms in total. The number of aryl methyl sites for hydroxylation is 1. The second-order valence-electron chi connectivity index (χ2n) is 6.18. The van der Waals surface area contributed by atoms with Crippen LogP contribution in [0, 0.1) is 18.7 Å². The number of aromatic nitrogens is 3. The van der Waals surface area contributed by atoms with E-state index in [4.69, 9.17) is 11.6 Å². The molecule has 1 aliphatic carbocycles. The van der Waals surface area contributed by atoms with Crippen molar-refractivity contribution >= 4 is 17.2 Å². The average molecular weight is 352 g/mol. The first-order valence-corrected chi connectivity index (χ1v) is 7.91. The van der Waals surface area contributed by atoms with Crippen molar-refractivity contribution in [2.24, 2.45) is 5.92 Å². The molecule has 3 aromatic rings. The number of pyridine rings is 1. The van der Waals surface area contributed by atoms with Crippen LogP contribution in [0.2, 0.25) is 5.02 Å². The fraction of sp³-hybridized carbons (Fsp3) is 0.294. The lowest BCUT2D eigenvalue weighted by atomic mass is 10.0. The first-order valence-electron chi connectivity index (χ1n) is 7.53. The van der Waals surface area contributed by atoms with Gasteiger partial charge >= 0.3 is 0 Å². The van der Waals surface area contributed by atoms with Crippen molar-refractivity contribution in [2.75, 3.05) is 0 Å². The average Bonchev–Trinajstić information content (AvgIpc) is 2.93. The minimum absolute atomic E-state index is 0.109. The molecule has 7 heteroatoms. The van der Waals surface area contributed by atoms with Gasteiger partial charge in [0.05, 0.1) is 5.02 Å². The van der Waals surface area contributed by atoms with Crippen molar-refractivity contribution in [3.05, 3.63) is 52.7 Å². The minimum Gasteiger partial charge on any atom is -0.285 e.